The first kappa shape index (κ1) is 21.2. The molecule has 4 N–H and O–H groups in total. The number of nitrogens with two attached hydrogens (primary N) is 1. The van der Waals surface area contributed by atoms with E-state index in [0.717, 1.165) is 23.4 Å². The van der Waals surface area contributed by atoms with Gasteiger partial charge in [0, 0.05) is 23.6 Å². The molecule has 1 atom stereocenters. The molecule has 30 heavy (non-hydrogen) atoms. The number of primary amides is 1. The molecule has 0 unspecified atom stereocenters. The molecule has 0 spiro atoms. The number of alkyl halides is 3. The van der Waals surface area contributed by atoms with Gasteiger partial charge in [-0.05, 0) is 43.2 Å². The highest BCUT2D eigenvalue weighted by atomic mass is 19.4. The first-order chi connectivity index (χ1) is 13.9. The monoisotopic (exact) mass is 420 g/mol. The molecule has 8 nitrogen and oxygen atoms in total. The number of halogens is 3. The number of rotatable bonds is 6. The first-order valence-corrected chi connectivity index (χ1v) is 8.78. The Balaban J connectivity index is 1.86. The number of nitrogens with zero attached hydrogens (tertiary/aromatic N) is 4. The van der Waals surface area contributed by atoms with Crippen LogP contribution in [0.15, 0.2) is 42.9 Å². The number of hydrogen-bond acceptors (Lipinski definition) is 6. The molecule has 2 heterocycles. The van der Waals surface area contributed by atoms with Gasteiger partial charge in [0.05, 0.1) is 12.7 Å². The number of nitrogens with one attached hydrogen (secondary N) is 1. The Morgan fingerprint density at radius 1 is 1.27 bits per heavy atom. The Kier molecular flexibility index (Phi) is 5.49. The summed E-state index contributed by atoms with van der Waals surface area (Å²) in [5, 5.41) is 16.9. The molecule has 0 saturated carbocycles. The lowest BCUT2D eigenvalue weighted by molar-refractivity contribution is -0.141. The molecule has 2 aromatic heterocycles. The number of carbonyl (C=O) groups excluding carboxylic acids is 1. The third-order valence-corrected chi connectivity index (χ3v) is 4.25. The number of aromatic nitrogens is 4. The van der Waals surface area contributed by atoms with Crippen LogP contribution in [0.4, 0.5) is 24.8 Å². The van der Waals surface area contributed by atoms with Crippen LogP contribution in [0.25, 0.3) is 11.1 Å². The maximum absolute atomic E-state index is 12.9. The van der Waals surface area contributed by atoms with E-state index < -0.39 is 23.4 Å². The van der Waals surface area contributed by atoms with Crippen LogP contribution >= 0.6 is 0 Å². The molecule has 1 aromatic carbocycles. The first-order valence-electron chi connectivity index (χ1n) is 8.78. The van der Waals surface area contributed by atoms with Crippen molar-refractivity contribution in [1.29, 1.82) is 0 Å². The van der Waals surface area contributed by atoms with E-state index in [4.69, 9.17) is 5.73 Å². The summed E-state index contributed by atoms with van der Waals surface area (Å²) in [4.78, 5) is 18.6. The van der Waals surface area contributed by atoms with Gasteiger partial charge in [-0.2, -0.15) is 18.3 Å². The molecule has 0 radical (unpaired) electrons. The normalized spacial score (nSPS) is 13.7. The van der Waals surface area contributed by atoms with Gasteiger partial charge in [-0.3, -0.25) is 9.48 Å². The molecule has 0 aliphatic heterocycles. The summed E-state index contributed by atoms with van der Waals surface area (Å²) in [7, 11) is 0. The minimum absolute atomic E-state index is 0.128. The van der Waals surface area contributed by atoms with E-state index in [9.17, 15) is 23.1 Å². The lowest BCUT2D eigenvalue weighted by atomic mass is 10.1. The SMILES string of the molecule is Cc1cc(Nc2nccc(C(F)(F)F)n2)cc(-c2cnn(C[C@@](C)(O)C(N)=O)c2)c1. The highest BCUT2D eigenvalue weighted by Crippen LogP contribution is 2.29. The van der Waals surface area contributed by atoms with Crippen LogP contribution in [0, 0.1) is 6.92 Å². The average molecular weight is 420 g/mol. The molecule has 11 heteroatoms. The van der Waals surface area contributed by atoms with Crippen molar-refractivity contribution in [2.24, 2.45) is 5.73 Å². The Bertz CT molecular complexity index is 1080. The van der Waals surface area contributed by atoms with Crippen molar-refractivity contribution in [3.63, 3.8) is 0 Å². The van der Waals surface area contributed by atoms with Crippen LogP contribution in [0.1, 0.15) is 18.2 Å². The summed E-state index contributed by atoms with van der Waals surface area (Å²) in [6.45, 7) is 2.99. The maximum Gasteiger partial charge on any atom is 0.433 e. The highest BCUT2D eigenvalue weighted by Gasteiger charge is 2.32. The van der Waals surface area contributed by atoms with E-state index in [-0.39, 0.29) is 12.5 Å². The van der Waals surface area contributed by atoms with Crippen molar-refractivity contribution in [3.8, 4) is 11.1 Å². The van der Waals surface area contributed by atoms with Gasteiger partial charge in [0.2, 0.25) is 5.95 Å². The number of amides is 1. The van der Waals surface area contributed by atoms with Crippen LogP contribution in [0.3, 0.4) is 0 Å². The molecular formula is C19H19F3N6O2. The molecule has 3 aromatic rings. The second kappa shape index (κ2) is 7.75. The zero-order valence-corrected chi connectivity index (χ0v) is 16.1. The van der Waals surface area contributed by atoms with Gasteiger partial charge in [0.1, 0.15) is 5.69 Å². The molecular weight excluding hydrogens is 401 g/mol. The van der Waals surface area contributed by atoms with Gasteiger partial charge in [0.15, 0.2) is 5.60 Å². The van der Waals surface area contributed by atoms with E-state index in [1.165, 1.54) is 17.8 Å². The van der Waals surface area contributed by atoms with Crippen molar-refractivity contribution < 1.29 is 23.1 Å². The minimum Gasteiger partial charge on any atom is -0.378 e. The average Bonchev–Trinajstić information content (AvgIpc) is 3.08. The number of aliphatic hydroxyl groups is 1. The third-order valence-electron chi connectivity index (χ3n) is 4.25. The van der Waals surface area contributed by atoms with E-state index in [1.54, 1.807) is 18.3 Å². The number of aryl methyl sites for hydroxylation is 1. The van der Waals surface area contributed by atoms with Crippen molar-refractivity contribution in [2.75, 3.05) is 5.32 Å². The lowest BCUT2D eigenvalue weighted by Crippen LogP contribution is -2.44. The second-order valence-corrected chi connectivity index (χ2v) is 7.04. The molecule has 158 valence electrons. The summed E-state index contributed by atoms with van der Waals surface area (Å²) in [6.07, 6.45) is -0.380. The third kappa shape index (κ3) is 4.92. The second-order valence-electron chi connectivity index (χ2n) is 7.04. The summed E-state index contributed by atoms with van der Waals surface area (Å²) < 4.78 is 39.9. The van der Waals surface area contributed by atoms with Gasteiger partial charge >= 0.3 is 6.18 Å². The maximum atomic E-state index is 12.9. The fourth-order valence-electron chi connectivity index (χ4n) is 2.72. The van der Waals surface area contributed by atoms with E-state index in [1.807, 2.05) is 13.0 Å². The predicted octanol–water partition coefficient (Wildman–Crippen LogP) is 2.65. The van der Waals surface area contributed by atoms with Crippen LogP contribution in [0.2, 0.25) is 0 Å². The van der Waals surface area contributed by atoms with Crippen molar-refractivity contribution in [1.82, 2.24) is 19.7 Å². The fraction of sp³-hybridized carbons (Fsp3) is 0.263. The van der Waals surface area contributed by atoms with Gasteiger partial charge in [-0.1, -0.05) is 6.07 Å². The van der Waals surface area contributed by atoms with Gasteiger partial charge in [-0.25, -0.2) is 9.97 Å². The summed E-state index contributed by atoms with van der Waals surface area (Å²) in [5.74, 6) is -1.06. The van der Waals surface area contributed by atoms with Crippen LogP contribution < -0.4 is 11.1 Å². The summed E-state index contributed by atoms with van der Waals surface area (Å²) in [6, 6.07) is 6.08. The largest absolute Gasteiger partial charge is 0.433 e. The lowest BCUT2D eigenvalue weighted by Gasteiger charge is -2.18. The minimum atomic E-state index is -4.57. The quantitative estimate of drug-likeness (QED) is 0.564. The molecule has 0 aliphatic rings. The zero-order chi connectivity index (χ0) is 22.1. The molecule has 0 saturated heterocycles. The predicted molar refractivity (Wildman–Crippen MR) is 103 cm³/mol. The van der Waals surface area contributed by atoms with Gasteiger partial charge in [-0.15, -0.1) is 0 Å². The Morgan fingerprint density at radius 3 is 2.67 bits per heavy atom. The van der Waals surface area contributed by atoms with Crippen LogP contribution in [-0.2, 0) is 17.5 Å². The van der Waals surface area contributed by atoms with Crippen molar-refractivity contribution in [2.45, 2.75) is 32.2 Å². The van der Waals surface area contributed by atoms with Crippen LogP contribution in [-0.4, -0.2) is 36.4 Å². The van der Waals surface area contributed by atoms with E-state index in [2.05, 4.69) is 20.4 Å². The smallest absolute Gasteiger partial charge is 0.378 e. The fourth-order valence-corrected chi connectivity index (χ4v) is 2.72. The van der Waals surface area contributed by atoms with E-state index in [0.29, 0.717) is 11.3 Å². The number of benzene rings is 1. The molecule has 0 bridgehead atoms. The van der Waals surface area contributed by atoms with Gasteiger partial charge in [0.25, 0.3) is 5.91 Å². The number of hydrogen-bond donors (Lipinski definition) is 3. The summed E-state index contributed by atoms with van der Waals surface area (Å²) in [5.41, 5.74) is 5.07. The van der Waals surface area contributed by atoms with Crippen molar-refractivity contribution >= 4 is 17.5 Å². The molecule has 0 fully saturated rings. The molecule has 0 aliphatic carbocycles. The zero-order valence-electron chi connectivity index (χ0n) is 16.1. The van der Waals surface area contributed by atoms with Crippen molar-refractivity contribution in [3.05, 3.63) is 54.1 Å². The number of anilines is 2. The molecule has 3 rings (SSSR count). The van der Waals surface area contributed by atoms with E-state index >= 15 is 0 Å². The standard InChI is InChI=1S/C19H19F3N6O2/c1-11-5-12(13-8-25-28(9-13)10-18(2,30)16(23)29)7-14(6-11)26-17-24-4-3-15(27-17)19(20,21)22/h3-9,30H,10H2,1-2H3,(H2,23,29)(H,24,26,27)/t18-/m1/s1. The highest BCUT2D eigenvalue weighted by molar-refractivity contribution is 5.82. The Hall–Kier alpha value is -3.47. The molecule has 1 amide bonds. The topological polar surface area (TPSA) is 119 Å². The summed E-state index contributed by atoms with van der Waals surface area (Å²) >= 11 is 0. The van der Waals surface area contributed by atoms with Gasteiger partial charge < -0.3 is 16.2 Å². The number of carbonyl (C=O) groups is 1. The Morgan fingerprint density at radius 2 is 2.00 bits per heavy atom. The Labute approximate surface area is 169 Å². The van der Waals surface area contributed by atoms with Crippen LogP contribution in [0.5, 0.6) is 0 Å².